The van der Waals surface area contributed by atoms with Crippen LogP contribution in [0.4, 0.5) is 0 Å². The van der Waals surface area contributed by atoms with Gasteiger partial charge < -0.3 is 11.1 Å². The van der Waals surface area contributed by atoms with E-state index in [1.54, 1.807) is 0 Å². The van der Waals surface area contributed by atoms with Gasteiger partial charge in [0.05, 0.1) is 12.6 Å². The number of carbonyl (C=O) groups is 1. The number of amides is 1. The number of nitrogens with zero attached hydrogens (tertiary/aromatic N) is 2. The summed E-state index contributed by atoms with van der Waals surface area (Å²) in [5.74, 6) is 0.504. The summed E-state index contributed by atoms with van der Waals surface area (Å²) in [6, 6.07) is 2.52. The van der Waals surface area contributed by atoms with Crippen molar-refractivity contribution in [2.75, 3.05) is 19.6 Å². The van der Waals surface area contributed by atoms with Crippen LogP contribution < -0.4 is 11.1 Å². The van der Waals surface area contributed by atoms with Crippen LogP contribution in [-0.2, 0) is 4.79 Å². The second kappa shape index (κ2) is 7.24. The van der Waals surface area contributed by atoms with Gasteiger partial charge >= 0.3 is 0 Å². The number of carbonyl (C=O) groups excluding carboxylic acids is 1. The molecular weight excluding hydrogens is 264 g/mol. The summed E-state index contributed by atoms with van der Waals surface area (Å²) in [6.07, 6.45) is 6.98. The van der Waals surface area contributed by atoms with Crippen LogP contribution in [0.1, 0.15) is 51.9 Å². The highest BCUT2D eigenvalue weighted by molar-refractivity contribution is 5.79. The average Bonchev–Trinajstić information content (AvgIpc) is 2.63. The molecule has 2 atom stereocenters. The molecule has 1 aliphatic carbocycles. The second-order valence-electron chi connectivity index (χ2n) is 6.95. The molecule has 5 nitrogen and oxygen atoms in total. The van der Waals surface area contributed by atoms with Gasteiger partial charge in [-0.1, -0.05) is 32.6 Å². The molecule has 1 amide bonds. The van der Waals surface area contributed by atoms with Gasteiger partial charge in [-0.3, -0.25) is 9.69 Å². The van der Waals surface area contributed by atoms with E-state index in [-0.39, 0.29) is 11.9 Å². The summed E-state index contributed by atoms with van der Waals surface area (Å²) < 4.78 is 0. The largest absolute Gasteiger partial charge is 0.337 e. The quantitative estimate of drug-likeness (QED) is 0.770. The van der Waals surface area contributed by atoms with E-state index >= 15 is 0 Å². The van der Waals surface area contributed by atoms with Crippen molar-refractivity contribution in [1.82, 2.24) is 10.2 Å². The van der Waals surface area contributed by atoms with Gasteiger partial charge in [-0.25, -0.2) is 0 Å². The third-order valence-electron chi connectivity index (χ3n) is 4.68. The minimum Gasteiger partial charge on any atom is -0.337 e. The topological polar surface area (TPSA) is 82.2 Å². The van der Waals surface area contributed by atoms with Gasteiger partial charge in [-0.15, -0.1) is 0 Å². The molecule has 0 bridgehead atoms. The van der Waals surface area contributed by atoms with Gasteiger partial charge in [0.1, 0.15) is 5.54 Å². The lowest BCUT2D eigenvalue weighted by Crippen LogP contribution is -2.53. The highest BCUT2D eigenvalue weighted by Crippen LogP contribution is 2.26. The summed E-state index contributed by atoms with van der Waals surface area (Å²) in [7, 11) is 0. The van der Waals surface area contributed by atoms with Crippen LogP contribution in [0.25, 0.3) is 0 Å². The molecule has 0 aromatic rings. The maximum absolute atomic E-state index is 12.3. The molecule has 0 spiro atoms. The smallest absolute Gasteiger partial charge is 0.235 e. The Hall–Kier alpha value is -1.12. The van der Waals surface area contributed by atoms with E-state index in [0.717, 1.165) is 58.0 Å². The van der Waals surface area contributed by atoms with Crippen molar-refractivity contribution < 1.29 is 4.79 Å². The van der Waals surface area contributed by atoms with Gasteiger partial charge in [0.25, 0.3) is 0 Å². The fourth-order valence-electron chi connectivity index (χ4n) is 3.75. The van der Waals surface area contributed by atoms with E-state index in [0.29, 0.717) is 12.5 Å². The summed E-state index contributed by atoms with van der Waals surface area (Å²) in [4.78, 5) is 14.4. The first-order chi connectivity index (χ1) is 10.0. The van der Waals surface area contributed by atoms with Crippen molar-refractivity contribution in [2.45, 2.75) is 63.5 Å². The molecule has 3 N–H and O–H groups in total. The third kappa shape index (κ3) is 4.69. The van der Waals surface area contributed by atoms with Crippen LogP contribution in [0.3, 0.4) is 0 Å². The second-order valence-corrected chi connectivity index (χ2v) is 6.95. The maximum Gasteiger partial charge on any atom is 0.235 e. The first-order valence-electron chi connectivity index (χ1n) is 8.23. The molecule has 118 valence electrons. The fraction of sp³-hybridized carbons (Fsp3) is 0.875. The Balaban J connectivity index is 1.89. The number of hydrogen-bond donors (Lipinski definition) is 2. The number of hydrogen-bond acceptors (Lipinski definition) is 4. The van der Waals surface area contributed by atoms with E-state index in [9.17, 15) is 10.1 Å². The highest BCUT2D eigenvalue weighted by atomic mass is 16.2. The molecule has 0 aromatic carbocycles. The van der Waals surface area contributed by atoms with Crippen LogP contribution in [0.2, 0.25) is 0 Å². The van der Waals surface area contributed by atoms with Crippen LogP contribution in [-0.4, -0.2) is 42.0 Å². The number of rotatable bonds is 3. The van der Waals surface area contributed by atoms with Crippen molar-refractivity contribution in [3.63, 3.8) is 0 Å². The van der Waals surface area contributed by atoms with Crippen molar-refractivity contribution >= 4 is 5.91 Å². The Morgan fingerprint density at radius 3 is 2.57 bits per heavy atom. The van der Waals surface area contributed by atoms with Gasteiger partial charge in [0.2, 0.25) is 5.91 Å². The lowest BCUT2D eigenvalue weighted by atomic mass is 9.91. The molecular formula is C16H28N4O. The van der Waals surface area contributed by atoms with E-state index in [1.807, 2.05) is 0 Å². The Morgan fingerprint density at radius 1 is 1.33 bits per heavy atom. The molecule has 1 aliphatic heterocycles. The minimum absolute atomic E-state index is 0.0280. The molecule has 1 heterocycles. The van der Waals surface area contributed by atoms with Gasteiger partial charge in [0.15, 0.2) is 0 Å². The number of nitriles is 1. The predicted octanol–water partition coefficient (Wildman–Crippen LogP) is 1.39. The van der Waals surface area contributed by atoms with Gasteiger partial charge in [-0.05, 0) is 25.2 Å². The summed E-state index contributed by atoms with van der Waals surface area (Å²) in [5.41, 5.74) is 5.38. The third-order valence-corrected chi connectivity index (χ3v) is 4.68. The standard InChI is InChI=1S/C16H28N4O/c1-13-8-14(18)10-20(9-13)11-15(21)19-16(12-17)6-4-2-3-5-7-16/h13-14H,2-11,18H2,1H3,(H,19,21). The van der Waals surface area contributed by atoms with Crippen molar-refractivity contribution in [3.05, 3.63) is 0 Å². The molecule has 0 aromatic heterocycles. The van der Waals surface area contributed by atoms with Crippen molar-refractivity contribution in [2.24, 2.45) is 11.7 Å². The van der Waals surface area contributed by atoms with Crippen LogP contribution >= 0.6 is 0 Å². The molecule has 2 aliphatic rings. The molecule has 5 heteroatoms. The van der Waals surface area contributed by atoms with Crippen LogP contribution in [0, 0.1) is 17.2 Å². The minimum atomic E-state index is -0.642. The molecule has 2 unspecified atom stereocenters. The normalized spacial score (nSPS) is 30.1. The Kier molecular flexibility index (Phi) is 5.60. The monoisotopic (exact) mass is 292 g/mol. The molecule has 2 fully saturated rings. The summed E-state index contributed by atoms with van der Waals surface area (Å²) in [5, 5.41) is 12.5. The lowest BCUT2D eigenvalue weighted by Gasteiger charge is -2.35. The lowest BCUT2D eigenvalue weighted by molar-refractivity contribution is -0.124. The Morgan fingerprint density at radius 2 is 2.00 bits per heavy atom. The van der Waals surface area contributed by atoms with Gasteiger partial charge in [0, 0.05) is 19.1 Å². The first-order valence-corrected chi connectivity index (χ1v) is 8.23. The SMILES string of the molecule is CC1CC(N)CN(CC(=O)NC2(C#N)CCCCCC2)C1. The zero-order valence-electron chi connectivity index (χ0n) is 13.1. The average molecular weight is 292 g/mol. The molecule has 1 saturated heterocycles. The van der Waals surface area contributed by atoms with Crippen LogP contribution in [0.15, 0.2) is 0 Å². The van der Waals surface area contributed by atoms with Crippen molar-refractivity contribution in [1.29, 1.82) is 5.26 Å². The van der Waals surface area contributed by atoms with Crippen LogP contribution in [0.5, 0.6) is 0 Å². The Labute approximate surface area is 127 Å². The fourth-order valence-corrected chi connectivity index (χ4v) is 3.75. The summed E-state index contributed by atoms with van der Waals surface area (Å²) in [6.45, 7) is 4.23. The zero-order chi connectivity index (χ0) is 15.3. The van der Waals surface area contributed by atoms with Gasteiger partial charge in [-0.2, -0.15) is 5.26 Å². The number of piperidine rings is 1. The molecule has 2 rings (SSSR count). The summed E-state index contributed by atoms with van der Waals surface area (Å²) >= 11 is 0. The maximum atomic E-state index is 12.3. The number of nitrogens with one attached hydrogen (secondary N) is 1. The number of nitrogens with two attached hydrogens (primary N) is 1. The highest BCUT2D eigenvalue weighted by Gasteiger charge is 2.33. The molecule has 21 heavy (non-hydrogen) atoms. The van der Waals surface area contributed by atoms with E-state index in [1.165, 1.54) is 0 Å². The predicted molar refractivity (Wildman–Crippen MR) is 82.4 cm³/mol. The van der Waals surface area contributed by atoms with E-state index in [2.05, 4.69) is 23.2 Å². The molecule has 0 radical (unpaired) electrons. The Bertz CT molecular complexity index is 386. The van der Waals surface area contributed by atoms with Crippen molar-refractivity contribution in [3.8, 4) is 6.07 Å². The first kappa shape index (κ1) is 16.3. The molecule has 1 saturated carbocycles. The van der Waals surface area contributed by atoms with E-state index in [4.69, 9.17) is 5.73 Å². The zero-order valence-corrected chi connectivity index (χ0v) is 13.1. The van der Waals surface area contributed by atoms with E-state index < -0.39 is 5.54 Å². The number of likely N-dealkylation sites (tertiary alicyclic amines) is 1.